The van der Waals surface area contributed by atoms with Crippen molar-refractivity contribution in [3.05, 3.63) is 28.0 Å². The van der Waals surface area contributed by atoms with Gasteiger partial charge in [-0.2, -0.15) is 0 Å². The summed E-state index contributed by atoms with van der Waals surface area (Å²) < 4.78 is 4.95. The maximum Gasteiger partial charge on any atom is 0.433 e. The maximum absolute atomic E-state index is 11.5. The Kier molecular flexibility index (Phi) is 4.56. The van der Waals surface area contributed by atoms with Crippen molar-refractivity contribution in [3.8, 4) is 0 Å². The molecular formula is C11H10N4O6S. The number of carbonyl (C=O) groups excluding carboxylic acids is 1. The smallest absolute Gasteiger partial charge is 0.433 e. The molecule has 1 amide bonds. The van der Waals surface area contributed by atoms with E-state index < -0.39 is 27.9 Å². The largest absolute Gasteiger partial charge is 0.481 e. The van der Waals surface area contributed by atoms with E-state index in [2.05, 4.69) is 15.5 Å². The van der Waals surface area contributed by atoms with Crippen LogP contribution in [-0.4, -0.2) is 38.0 Å². The lowest BCUT2D eigenvalue weighted by Crippen LogP contribution is -2.26. The molecule has 0 aliphatic carbocycles. The third kappa shape index (κ3) is 3.69. The number of nitro groups is 1. The zero-order valence-electron chi connectivity index (χ0n) is 11.2. The van der Waals surface area contributed by atoms with Gasteiger partial charge >= 0.3 is 11.9 Å². The molecule has 1 atom stereocenters. The van der Waals surface area contributed by atoms with Gasteiger partial charge in [0.25, 0.3) is 0 Å². The number of hydrogen-bond acceptors (Lipinski definition) is 8. The molecule has 1 aromatic heterocycles. The molecule has 0 radical (unpaired) electrons. The fraction of sp³-hybridized carbons (Fsp3) is 0.273. The Hall–Kier alpha value is -2.69. The molecular weight excluding hydrogens is 316 g/mol. The highest BCUT2D eigenvalue weighted by molar-refractivity contribution is 8.15. The van der Waals surface area contributed by atoms with E-state index in [0.717, 1.165) is 11.8 Å². The molecule has 1 aromatic rings. The number of nitrogens with zero attached hydrogens (tertiary/aromatic N) is 3. The quantitative estimate of drug-likeness (QED) is 0.465. The highest BCUT2D eigenvalue weighted by atomic mass is 32.2. The molecule has 2 N–H and O–H groups in total. The fourth-order valence-corrected chi connectivity index (χ4v) is 2.44. The first-order valence-electron chi connectivity index (χ1n) is 5.93. The van der Waals surface area contributed by atoms with Crippen LogP contribution in [0.1, 0.15) is 19.1 Å². The second-order valence-electron chi connectivity index (χ2n) is 4.18. The lowest BCUT2D eigenvalue weighted by atomic mass is 10.3. The minimum Gasteiger partial charge on any atom is -0.481 e. The molecule has 0 aromatic carbocycles. The number of amidine groups is 1. The number of furan rings is 1. The summed E-state index contributed by atoms with van der Waals surface area (Å²) in [5.41, 5.74) is 0.275. The van der Waals surface area contributed by atoms with E-state index in [4.69, 9.17) is 9.52 Å². The van der Waals surface area contributed by atoms with Crippen LogP contribution in [0.5, 0.6) is 0 Å². The summed E-state index contributed by atoms with van der Waals surface area (Å²) in [5, 5.41) is 28.6. The highest BCUT2D eigenvalue weighted by Gasteiger charge is 2.32. The van der Waals surface area contributed by atoms with Crippen LogP contribution < -0.4 is 5.32 Å². The minimum absolute atomic E-state index is 0.164. The Morgan fingerprint density at radius 3 is 2.91 bits per heavy atom. The van der Waals surface area contributed by atoms with Crippen LogP contribution in [0.2, 0.25) is 0 Å². The van der Waals surface area contributed by atoms with Crippen LogP contribution in [0, 0.1) is 10.1 Å². The molecule has 11 heteroatoms. The highest BCUT2D eigenvalue weighted by Crippen LogP contribution is 2.22. The van der Waals surface area contributed by atoms with Crippen molar-refractivity contribution in [3.63, 3.8) is 0 Å². The van der Waals surface area contributed by atoms with E-state index in [1.54, 1.807) is 0 Å². The lowest BCUT2D eigenvalue weighted by Gasteiger charge is -1.97. The monoisotopic (exact) mass is 326 g/mol. The van der Waals surface area contributed by atoms with Crippen molar-refractivity contribution >= 4 is 40.4 Å². The number of carboxylic acid groups (broad SMARTS) is 1. The average molecular weight is 326 g/mol. The van der Waals surface area contributed by atoms with Crippen molar-refractivity contribution in [1.29, 1.82) is 0 Å². The molecule has 1 aliphatic heterocycles. The van der Waals surface area contributed by atoms with Gasteiger partial charge in [0.2, 0.25) is 5.91 Å². The van der Waals surface area contributed by atoms with Gasteiger partial charge in [0.1, 0.15) is 15.9 Å². The number of rotatable bonds is 5. The number of nitrogens with one attached hydrogen (secondary N) is 1. The molecule has 2 heterocycles. The first-order chi connectivity index (χ1) is 10.4. The molecule has 22 heavy (non-hydrogen) atoms. The van der Waals surface area contributed by atoms with Crippen LogP contribution in [-0.2, 0) is 9.59 Å². The molecule has 10 nitrogen and oxygen atoms in total. The lowest BCUT2D eigenvalue weighted by molar-refractivity contribution is -0.402. The number of thioether (sulfide) groups is 1. The van der Waals surface area contributed by atoms with Crippen molar-refractivity contribution in [2.75, 3.05) is 0 Å². The van der Waals surface area contributed by atoms with Gasteiger partial charge < -0.3 is 14.8 Å². The van der Waals surface area contributed by atoms with Crippen molar-refractivity contribution < 1.29 is 24.0 Å². The summed E-state index contributed by atoms with van der Waals surface area (Å²) in [7, 11) is 0. The predicted octanol–water partition coefficient (Wildman–Crippen LogP) is 0.974. The molecule has 1 saturated heterocycles. The molecule has 2 rings (SSSR count). The zero-order chi connectivity index (χ0) is 16.3. The molecule has 0 bridgehead atoms. The normalized spacial score (nSPS) is 20.2. The van der Waals surface area contributed by atoms with E-state index in [9.17, 15) is 19.7 Å². The Morgan fingerprint density at radius 2 is 2.32 bits per heavy atom. The molecule has 0 unspecified atom stereocenters. The van der Waals surface area contributed by atoms with Crippen LogP contribution in [0.25, 0.3) is 0 Å². The Labute approximate surface area is 127 Å². The summed E-state index contributed by atoms with van der Waals surface area (Å²) in [5.74, 6) is -1.78. The number of hydrogen-bond donors (Lipinski definition) is 2. The van der Waals surface area contributed by atoms with Gasteiger partial charge in [0.05, 0.1) is 12.5 Å². The summed E-state index contributed by atoms with van der Waals surface area (Å²) in [4.78, 5) is 31.9. The number of amides is 1. The van der Waals surface area contributed by atoms with Crippen LogP contribution in [0.15, 0.2) is 26.8 Å². The summed E-state index contributed by atoms with van der Waals surface area (Å²) >= 11 is 0.957. The second-order valence-corrected chi connectivity index (χ2v) is 5.37. The zero-order valence-corrected chi connectivity index (χ0v) is 12.0. The van der Waals surface area contributed by atoms with E-state index in [0.29, 0.717) is 0 Å². The third-order valence-electron chi connectivity index (χ3n) is 2.56. The van der Waals surface area contributed by atoms with Crippen LogP contribution in [0.4, 0.5) is 5.88 Å². The van der Waals surface area contributed by atoms with Crippen LogP contribution >= 0.6 is 11.8 Å². The average Bonchev–Trinajstić information content (AvgIpc) is 3.03. The number of carbonyl (C=O) groups is 2. The topological polar surface area (TPSA) is 147 Å². The van der Waals surface area contributed by atoms with Gasteiger partial charge in [-0.3, -0.25) is 19.7 Å². The van der Waals surface area contributed by atoms with Gasteiger partial charge in [-0.05, 0) is 13.0 Å². The fourth-order valence-electron chi connectivity index (χ4n) is 1.54. The summed E-state index contributed by atoms with van der Waals surface area (Å²) in [6.45, 7) is 1.53. The van der Waals surface area contributed by atoms with E-state index in [1.165, 1.54) is 19.1 Å². The molecule has 0 spiro atoms. The standard InChI is InChI=1S/C11H10N4O6S/c1-5(6-2-3-8(21-6)15(19)20)13-14-11-12-10(18)7(22-11)4-9(16)17/h2-3,7H,4H2,1H3,(H,16,17)(H,12,14,18)/t7-/m0/s1. The first-order valence-corrected chi connectivity index (χ1v) is 6.81. The Morgan fingerprint density at radius 1 is 1.59 bits per heavy atom. The van der Waals surface area contributed by atoms with Gasteiger partial charge in [-0.25, -0.2) is 0 Å². The maximum atomic E-state index is 11.5. The molecule has 1 fully saturated rings. The van der Waals surface area contributed by atoms with Crippen LogP contribution in [0.3, 0.4) is 0 Å². The van der Waals surface area contributed by atoms with Crippen molar-refractivity contribution in [2.45, 2.75) is 18.6 Å². The van der Waals surface area contributed by atoms with Crippen molar-refractivity contribution in [2.24, 2.45) is 10.2 Å². The Bertz CT molecular complexity index is 695. The molecule has 0 saturated carbocycles. The number of carboxylic acids is 1. The molecule has 1 aliphatic rings. The first kappa shape index (κ1) is 15.7. The summed E-state index contributed by atoms with van der Waals surface area (Å²) in [6.07, 6.45) is -0.317. The van der Waals surface area contributed by atoms with E-state index >= 15 is 0 Å². The third-order valence-corrected chi connectivity index (χ3v) is 3.63. The predicted molar refractivity (Wildman–Crippen MR) is 76.8 cm³/mol. The van der Waals surface area contributed by atoms with Crippen molar-refractivity contribution in [1.82, 2.24) is 5.32 Å². The second kappa shape index (κ2) is 6.39. The van der Waals surface area contributed by atoms with Gasteiger partial charge in [-0.15, -0.1) is 10.2 Å². The molecule has 116 valence electrons. The van der Waals surface area contributed by atoms with Gasteiger partial charge in [0.15, 0.2) is 10.9 Å². The Balaban J connectivity index is 2.08. The van der Waals surface area contributed by atoms with Gasteiger partial charge in [0, 0.05) is 0 Å². The van der Waals surface area contributed by atoms with E-state index in [1.807, 2.05) is 0 Å². The SMILES string of the molecule is CC(=NN=C1NC(=O)[C@H](CC(=O)O)S1)c1ccc([N+](=O)[O-])o1. The van der Waals surface area contributed by atoms with E-state index in [-0.39, 0.29) is 23.1 Å². The van der Waals surface area contributed by atoms with Gasteiger partial charge in [-0.1, -0.05) is 11.8 Å². The number of aliphatic carboxylic acids is 1. The summed E-state index contributed by atoms with van der Waals surface area (Å²) in [6, 6.07) is 2.57. The minimum atomic E-state index is -1.09.